The first-order valence-corrected chi connectivity index (χ1v) is 6.70. The minimum absolute atomic E-state index is 0.175. The van der Waals surface area contributed by atoms with Crippen LogP contribution in [0.4, 0.5) is 0 Å². The number of aliphatic hydroxyl groups excluding tert-OH is 1. The van der Waals surface area contributed by atoms with Crippen LogP contribution in [-0.4, -0.2) is 23.0 Å². The van der Waals surface area contributed by atoms with Gasteiger partial charge >= 0.3 is 0 Å². The molecule has 2 nitrogen and oxygen atoms in total. The second-order valence-electron chi connectivity index (χ2n) is 4.22. The number of thioether (sulfide) groups is 1. The zero-order chi connectivity index (χ0) is 12.3. The van der Waals surface area contributed by atoms with Gasteiger partial charge in [-0.05, 0) is 29.8 Å². The number of nitrogens with two attached hydrogens (primary N) is 1. The molecule has 3 heteroatoms. The highest BCUT2D eigenvalue weighted by Gasteiger charge is 2.09. The molecule has 0 aliphatic heterocycles. The van der Waals surface area contributed by atoms with Gasteiger partial charge in [-0.1, -0.05) is 30.3 Å². The summed E-state index contributed by atoms with van der Waals surface area (Å²) >= 11 is 1.69. The summed E-state index contributed by atoms with van der Waals surface area (Å²) in [4.78, 5) is 1.19. The van der Waals surface area contributed by atoms with E-state index in [0.29, 0.717) is 0 Å². The van der Waals surface area contributed by atoms with Gasteiger partial charge in [0.05, 0.1) is 6.10 Å². The Morgan fingerprint density at radius 1 is 1.18 bits per heavy atom. The molecule has 3 N–H and O–H groups in total. The summed E-state index contributed by atoms with van der Waals surface area (Å²) < 4.78 is 0. The molecule has 0 radical (unpaired) electrons. The normalized spacial score (nSPS) is 14.8. The second-order valence-corrected chi connectivity index (χ2v) is 5.32. The van der Waals surface area contributed by atoms with Crippen molar-refractivity contribution in [2.75, 3.05) is 5.75 Å². The van der Waals surface area contributed by atoms with Gasteiger partial charge in [-0.3, -0.25) is 0 Å². The van der Waals surface area contributed by atoms with Crippen LogP contribution in [0, 0.1) is 0 Å². The van der Waals surface area contributed by atoms with E-state index in [1.54, 1.807) is 18.7 Å². The first-order valence-electron chi connectivity index (χ1n) is 5.72. The van der Waals surface area contributed by atoms with Gasteiger partial charge in [-0.15, -0.1) is 11.8 Å². The van der Waals surface area contributed by atoms with Gasteiger partial charge in [-0.25, -0.2) is 0 Å². The SMILES string of the molecule is CC(O)C(N)CSc1ccc2ccccc2c1. The van der Waals surface area contributed by atoms with Crippen LogP contribution < -0.4 is 5.73 Å². The maximum atomic E-state index is 9.33. The van der Waals surface area contributed by atoms with Gasteiger partial charge < -0.3 is 10.8 Å². The lowest BCUT2D eigenvalue weighted by Crippen LogP contribution is -2.34. The van der Waals surface area contributed by atoms with Gasteiger partial charge in [0, 0.05) is 16.7 Å². The number of benzene rings is 2. The van der Waals surface area contributed by atoms with Crippen molar-refractivity contribution in [3.8, 4) is 0 Å². The Bertz CT molecular complexity index is 498. The molecule has 0 bridgehead atoms. The number of hydrogen-bond donors (Lipinski definition) is 2. The van der Waals surface area contributed by atoms with Crippen LogP contribution in [0.2, 0.25) is 0 Å². The highest BCUT2D eigenvalue weighted by atomic mass is 32.2. The Hall–Kier alpha value is -1.03. The van der Waals surface area contributed by atoms with Crippen LogP contribution in [0.15, 0.2) is 47.4 Å². The lowest BCUT2D eigenvalue weighted by Gasteiger charge is -2.14. The molecule has 0 saturated heterocycles. The quantitative estimate of drug-likeness (QED) is 0.816. The zero-order valence-electron chi connectivity index (χ0n) is 9.84. The third-order valence-electron chi connectivity index (χ3n) is 2.78. The van der Waals surface area contributed by atoms with Crippen molar-refractivity contribution in [3.63, 3.8) is 0 Å². The Morgan fingerprint density at radius 2 is 1.88 bits per heavy atom. The van der Waals surface area contributed by atoms with Crippen LogP contribution in [0.1, 0.15) is 6.92 Å². The van der Waals surface area contributed by atoms with Crippen LogP contribution in [-0.2, 0) is 0 Å². The molecular formula is C14H17NOS. The summed E-state index contributed by atoms with van der Waals surface area (Å²) in [6, 6.07) is 14.5. The van der Waals surface area contributed by atoms with E-state index in [0.717, 1.165) is 5.75 Å². The molecule has 90 valence electrons. The molecule has 0 saturated carbocycles. The van der Waals surface area contributed by atoms with Crippen molar-refractivity contribution in [2.45, 2.75) is 24.0 Å². The van der Waals surface area contributed by atoms with Crippen LogP contribution in [0.3, 0.4) is 0 Å². The molecule has 0 spiro atoms. The molecule has 0 aliphatic carbocycles. The molecule has 2 unspecified atom stereocenters. The fourth-order valence-electron chi connectivity index (χ4n) is 1.59. The highest BCUT2D eigenvalue weighted by molar-refractivity contribution is 7.99. The fourth-order valence-corrected chi connectivity index (χ4v) is 2.63. The monoisotopic (exact) mass is 247 g/mol. The van der Waals surface area contributed by atoms with Gasteiger partial charge in [-0.2, -0.15) is 0 Å². The maximum absolute atomic E-state index is 9.33. The minimum atomic E-state index is -0.456. The molecule has 2 rings (SSSR count). The summed E-state index contributed by atoms with van der Waals surface area (Å²) in [6.07, 6.45) is -0.456. The largest absolute Gasteiger partial charge is 0.392 e. The fraction of sp³-hybridized carbons (Fsp3) is 0.286. The van der Waals surface area contributed by atoms with Gasteiger partial charge in [0.1, 0.15) is 0 Å². The van der Waals surface area contributed by atoms with Crippen molar-refractivity contribution >= 4 is 22.5 Å². The third-order valence-corrected chi connectivity index (χ3v) is 3.92. The summed E-state index contributed by atoms with van der Waals surface area (Å²) in [7, 11) is 0. The van der Waals surface area contributed by atoms with E-state index in [2.05, 4.69) is 30.3 Å². The van der Waals surface area contributed by atoms with Crippen molar-refractivity contribution < 1.29 is 5.11 Å². The van der Waals surface area contributed by atoms with Crippen LogP contribution in [0.5, 0.6) is 0 Å². The van der Waals surface area contributed by atoms with Crippen molar-refractivity contribution in [3.05, 3.63) is 42.5 Å². The lowest BCUT2D eigenvalue weighted by atomic mass is 10.1. The van der Waals surface area contributed by atoms with Crippen molar-refractivity contribution in [1.82, 2.24) is 0 Å². The van der Waals surface area contributed by atoms with Gasteiger partial charge in [0.25, 0.3) is 0 Å². The Morgan fingerprint density at radius 3 is 2.59 bits per heavy atom. The van der Waals surface area contributed by atoms with Crippen LogP contribution >= 0.6 is 11.8 Å². The molecular weight excluding hydrogens is 230 g/mol. The first-order chi connectivity index (χ1) is 8.16. The minimum Gasteiger partial charge on any atom is -0.392 e. The van der Waals surface area contributed by atoms with Crippen LogP contribution in [0.25, 0.3) is 10.8 Å². The first kappa shape index (κ1) is 12.4. The highest BCUT2D eigenvalue weighted by Crippen LogP contribution is 2.24. The Balaban J connectivity index is 2.09. The van der Waals surface area contributed by atoms with Crippen molar-refractivity contribution in [1.29, 1.82) is 0 Å². The van der Waals surface area contributed by atoms with Gasteiger partial charge in [0.2, 0.25) is 0 Å². The molecule has 0 aromatic heterocycles. The number of hydrogen-bond acceptors (Lipinski definition) is 3. The predicted octanol–water partition coefficient (Wildman–Crippen LogP) is 2.64. The van der Waals surface area contributed by atoms with E-state index >= 15 is 0 Å². The molecule has 2 atom stereocenters. The molecule has 0 heterocycles. The van der Waals surface area contributed by atoms with E-state index in [9.17, 15) is 5.11 Å². The number of aliphatic hydroxyl groups is 1. The molecule has 2 aromatic rings. The average molecular weight is 247 g/mol. The van der Waals surface area contributed by atoms with E-state index in [-0.39, 0.29) is 6.04 Å². The van der Waals surface area contributed by atoms with E-state index < -0.39 is 6.10 Å². The summed E-state index contributed by atoms with van der Waals surface area (Å²) in [5.41, 5.74) is 5.81. The standard InChI is InChI=1S/C14H17NOS/c1-10(16)14(15)9-17-13-7-6-11-4-2-3-5-12(11)8-13/h2-8,10,14,16H,9,15H2,1H3. The average Bonchev–Trinajstić information content (AvgIpc) is 2.35. The van der Waals surface area contributed by atoms with E-state index in [1.807, 2.05) is 12.1 Å². The number of rotatable bonds is 4. The Kier molecular flexibility index (Phi) is 4.05. The summed E-state index contributed by atoms with van der Waals surface area (Å²) in [6.45, 7) is 1.73. The predicted molar refractivity (Wildman–Crippen MR) is 74.3 cm³/mol. The van der Waals surface area contributed by atoms with E-state index in [4.69, 9.17) is 5.73 Å². The van der Waals surface area contributed by atoms with E-state index in [1.165, 1.54) is 15.7 Å². The molecule has 0 fully saturated rings. The maximum Gasteiger partial charge on any atom is 0.0671 e. The number of fused-ring (bicyclic) bond motifs is 1. The smallest absolute Gasteiger partial charge is 0.0671 e. The Labute approximate surface area is 106 Å². The summed E-state index contributed by atoms with van der Waals surface area (Å²) in [5, 5.41) is 11.8. The van der Waals surface area contributed by atoms with Gasteiger partial charge in [0.15, 0.2) is 0 Å². The van der Waals surface area contributed by atoms with Crippen molar-refractivity contribution in [2.24, 2.45) is 5.73 Å². The second kappa shape index (κ2) is 5.54. The topological polar surface area (TPSA) is 46.2 Å². The summed E-state index contributed by atoms with van der Waals surface area (Å²) in [5.74, 6) is 0.732. The molecule has 0 aliphatic rings. The molecule has 2 aromatic carbocycles. The lowest BCUT2D eigenvalue weighted by molar-refractivity contribution is 0.172. The zero-order valence-corrected chi connectivity index (χ0v) is 10.7. The third kappa shape index (κ3) is 3.22. The molecule has 17 heavy (non-hydrogen) atoms. The molecule has 0 amide bonds.